The maximum Gasteiger partial charge on any atom is 0.337 e. The first-order valence-electron chi connectivity index (χ1n) is 7.72. The van der Waals surface area contributed by atoms with Crippen LogP contribution in [0.25, 0.3) is 0 Å². The lowest BCUT2D eigenvalue weighted by molar-refractivity contribution is -0.119. The SMILES string of the molecule is CCCCCNC(=O)CN(c1cccc(C(=O)OC)c1)S(C)(=O)=O. The number of ether oxygens (including phenoxy) is 1. The highest BCUT2D eigenvalue weighted by Gasteiger charge is 2.21. The third kappa shape index (κ3) is 6.19. The van der Waals surface area contributed by atoms with Crippen LogP contribution in [0.1, 0.15) is 36.5 Å². The summed E-state index contributed by atoms with van der Waals surface area (Å²) in [6, 6.07) is 5.97. The van der Waals surface area contributed by atoms with Crippen molar-refractivity contribution >= 4 is 27.6 Å². The Hall–Kier alpha value is -2.09. The van der Waals surface area contributed by atoms with Crippen molar-refractivity contribution in [3.63, 3.8) is 0 Å². The second-order valence-corrected chi connectivity index (χ2v) is 7.28. The maximum absolute atomic E-state index is 12.0. The summed E-state index contributed by atoms with van der Waals surface area (Å²) in [5.74, 6) is -0.964. The lowest BCUT2D eigenvalue weighted by Crippen LogP contribution is -2.40. The number of amides is 1. The van der Waals surface area contributed by atoms with E-state index >= 15 is 0 Å². The zero-order valence-electron chi connectivity index (χ0n) is 14.2. The molecule has 0 radical (unpaired) electrons. The summed E-state index contributed by atoms with van der Waals surface area (Å²) in [6.45, 7) is 2.23. The van der Waals surface area contributed by atoms with Crippen LogP contribution in [0, 0.1) is 0 Å². The molecule has 0 saturated carbocycles. The van der Waals surface area contributed by atoms with Crippen molar-refractivity contribution in [1.29, 1.82) is 0 Å². The van der Waals surface area contributed by atoms with Crippen LogP contribution in [0.4, 0.5) is 5.69 Å². The van der Waals surface area contributed by atoms with Gasteiger partial charge in [-0.05, 0) is 24.6 Å². The highest BCUT2D eigenvalue weighted by atomic mass is 32.2. The minimum atomic E-state index is -3.68. The molecule has 134 valence electrons. The molecule has 0 heterocycles. The van der Waals surface area contributed by atoms with Crippen molar-refractivity contribution in [3.8, 4) is 0 Å². The minimum Gasteiger partial charge on any atom is -0.465 e. The van der Waals surface area contributed by atoms with Gasteiger partial charge in [0.1, 0.15) is 6.54 Å². The highest BCUT2D eigenvalue weighted by molar-refractivity contribution is 7.92. The van der Waals surface area contributed by atoms with E-state index in [1.54, 1.807) is 6.07 Å². The quantitative estimate of drug-likeness (QED) is 0.535. The summed E-state index contributed by atoms with van der Waals surface area (Å²) in [5.41, 5.74) is 0.455. The zero-order chi connectivity index (χ0) is 18.2. The van der Waals surface area contributed by atoms with Gasteiger partial charge in [-0.15, -0.1) is 0 Å². The molecule has 7 nitrogen and oxygen atoms in total. The Kier molecular flexibility index (Phi) is 7.70. The summed E-state index contributed by atoms with van der Waals surface area (Å²) in [4.78, 5) is 23.6. The number of carbonyl (C=O) groups excluding carboxylic acids is 2. The number of hydrogen-bond acceptors (Lipinski definition) is 5. The molecule has 0 atom stereocenters. The molecule has 1 aromatic carbocycles. The number of unbranched alkanes of at least 4 members (excludes halogenated alkanes) is 2. The molecule has 0 spiro atoms. The molecule has 1 amide bonds. The number of rotatable bonds is 9. The number of carbonyl (C=O) groups is 2. The normalized spacial score (nSPS) is 11.0. The van der Waals surface area contributed by atoms with E-state index in [2.05, 4.69) is 17.0 Å². The van der Waals surface area contributed by atoms with Gasteiger partial charge in [-0.25, -0.2) is 13.2 Å². The van der Waals surface area contributed by atoms with Crippen LogP contribution in [0.2, 0.25) is 0 Å². The second-order valence-electron chi connectivity index (χ2n) is 5.37. The zero-order valence-corrected chi connectivity index (χ0v) is 15.1. The predicted octanol–water partition coefficient (Wildman–Crippen LogP) is 1.55. The summed E-state index contributed by atoms with van der Waals surface area (Å²) in [6.07, 6.45) is 3.89. The van der Waals surface area contributed by atoms with E-state index in [9.17, 15) is 18.0 Å². The molecule has 0 aliphatic carbocycles. The number of sulfonamides is 1. The van der Waals surface area contributed by atoms with Gasteiger partial charge in [0.25, 0.3) is 0 Å². The summed E-state index contributed by atoms with van der Waals surface area (Å²) in [7, 11) is -2.43. The third-order valence-corrected chi connectivity index (χ3v) is 4.49. The molecule has 0 bridgehead atoms. The van der Waals surface area contributed by atoms with E-state index in [4.69, 9.17) is 0 Å². The molecule has 1 aromatic rings. The molecule has 0 aliphatic rings. The topological polar surface area (TPSA) is 92.8 Å². The van der Waals surface area contributed by atoms with Gasteiger partial charge in [-0.2, -0.15) is 0 Å². The van der Waals surface area contributed by atoms with Gasteiger partial charge in [0, 0.05) is 6.54 Å². The van der Waals surface area contributed by atoms with Crippen LogP contribution in [-0.4, -0.2) is 46.7 Å². The number of methoxy groups -OCH3 is 1. The number of hydrogen-bond donors (Lipinski definition) is 1. The van der Waals surface area contributed by atoms with Crippen molar-refractivity contribution in [2.45, 2.75) is 26.2 Å². The fraction of sp³-hybridized carbons (Fsp3) is 0.500. The molecule has 0 fully saturated rings. The van der Waals surface area contributed by atoms with Crippen LogP contribution < -0.4 is 9.62 Å². The van der Waals surface area contributed by atoms with E-state index in [0.717, 1.165) is 29.8 Å². The maximum atomic E-state index is 12.0. The van der Waals surface area contributed by atoms with Gasteiger partial charge >= 0.3 is 5.97 Å². The molecule has 1 rings (SSSR count). The number of anilines is 1. The van der Waals surface area contributed by atoms with Crippen molar-refractivity contribution in [2.75, 3.05) is 30.8 Å². The fourth-order valence-electron chi connectivity index (χ4n) is 2.10. The van der Waals surface area contributed by atoms with Crippen LogP contribution in [-0.2, 0) is 19.6 Å². The van der Waals surface area contributed by atoms with E-state index < -0.39 is 16.0 Å². The first kappa shape index (κ1) is 20.0. The highest BCUT2D eigenvalue weighted by Crippen LogP contribution is 2.19. The van der Waals surface area contributed by atoms with Gasteiger partial charge in [-0.1, -0.05) is 25.8 Å². The molecule has 8 heteroatoms. The Bertz CT molecular complexity index is 673. The predicted molar refractivity (Wildman–Crippen MR) is 92.5 cm³/mol. The van der Waals surface area contributed by atoms with Crippen LogP contribution in [0.3, 0.4) is 0 Å². The Morgan fingerprint density at radius 3 is 2.54 bits per heavy atom. The molecular weight excluding hydrogens is 332 g/mol. The Balaban J connectivity index is 2.91. The van der Waals surface area contributed by atoms with Crippen LogP contribution in [0.15, 0.2) is 24.3 Å². The van der Waals surface area contributed by atoms with Gasteiger partial charge in [-0.3, -0.25) is 9.10 Å². The van der Waals surface area contributed by atoms with E-state index in [-0.39, 0.29) is 23.7 Å². The fourth-order valence-corrected chi connectivity index (χ4v) is 2.94. The first-order valence-corrected chi connectivity index (χ1v) is 9.57. The molecule has 24 heavy (non-hydrogen) atoms. The Morgan fingerprint density at radius 2 is 1.96 bits per heavy atom. The average Bonchev–Trinajstić information content (AvgIpc) is 2.55. The molecule has 0 aliphatic heterocycles. The Labute approximate surface area is 143 Å². The van der Waals surface area contributed by atoms with Gasteiger partial charge < -0.3 is 10.1 Å². The summed E-state index contributed by atoms with van der Waals surface area (Å²) < 4.78 is 29.6. The standard InChI is InChI=1S/C16H24N2O5S/c1-4-5-6-10-17-15(19)12-18(24(3,21)22)14-9-7-8-13(11-14)16(20)23-2/h7-9,11H,4-6,10,12H2,1-3H3,(H,17,19). The summed E-state index contributed by atoms with van der Waals surface area (Å²) >= 11 is 0. The molecule has 0 saturated heterocycles. The molecular formula is C16H24N2O5S. The van der Waals surface area contributed by atoms with Gasteiger partial charge in [0.2, 0.25) is 15.9 Å². The van der Waals surface area contributed by atoms with E-state index in [1.165, 1.54) is 25.3 Å². The van der Waals surface area contributed by atoms with E-state index in [1.807, 2.05) is 0 Å². The smallest absolute Gasteiger partial charge is 0.337 e. The number of benzene rings is 1. The van der Waals surface area contributed by atoms with Gasteiger partial charge in [0.15, 0.2) is 0 Å². The Morgan fingerprint density at radius 1 is 1.25 bits per heavy atom. The van der Waals surface area contributed by atoms with Crippen molar-refractivity contribution in [2.24, 2.45) is 0 Å². The number of nitrogens with one attached hydrogen (secondary N) is 1. The van der Waals surface area contributed by atoms with Crippen molar-refractivity contribution in [1.82, 2.24) is 5.32 Å². The largest absolute Gasteiger partial charge is 0.465 e. The summed E-state index contributed by atoms with van der Waals surface area (Å²) in [5, 5.41) is 2.70. The lowest BCUT2D eigenvalue weighted by Gasteiger charge is -2.22. The molecule has 1 N–H and O–H groups in total. The molecule has 0 unspecified atom stereocenters. The van der Waals surface area contributed by atoms with Crippen LogP contribution >= 0.6 is 0 Å². The number of nitrogens with zero attached hydrogens (tertiary/aromatic N) is 1. The minimum absolute atomic E-state index is 0.215. The monoisotopic (exact) mass is 356 g/mol. The van der Waals surface area contributed by atoms with Crippen molar-refractivity contribution < 1.29 is 22.7 Å². The van der Waals surface area contributed by atoms with Gasteiger partial charge in [0.05, 0.1) is 24.6 Å². The average molecular weight is 356 g/mol. The van der Waals surface area contributed by atoms with Crippen LogP contribution in [0.5, 0.6) is 0 Å². The number of esters is 1. The second kappa shape index (κ2) is 9.27. The molecule has 0 aromatic heterocycles. The van der Waals surface area contributed by atoms with E-state index in [0.29, 0.717) is 6.54 Å². The lowest BCUT2D eigenvalue weighted by atomic mass is 10.2. The first-order chi connectivity index (χ1) is 11.3. The third-order valence-electron chi connectivity index (χ3n) is 3.35. The van der Waals surface area contributed by atoms with Crippen molar-refractivity contribution in [3.05, 3.63) is 29.8 Å².